The highest BCUT2D eigenvalue weighted by molar-refractivity contribution is 6.03. The molecule has 0 aliphatic heterocycles. The summed E-state index contributed by atoms with van der Waals surface area (Å²) in [6, 6.07) is 20.7. The maximum atomic E-state index is 13.5. The average Bonchev–Trinajstić information content (AvgIpc) is 2.80. The Kier molecular flexibility index (Phi) is 7.91. The van der Waals surface area contributed by atoms with E-state index in [2.05, 4.69) is 15.8 Å². The lowest BCUT2D eigenvalue weighted by molar-refractivity contribution is -0.126. The van der Waals surface area contributed by atoms with Gasteiger partial charge in [-0.3, -0.25) is 9.59 Å². The summed E-state index contributed by atoms with van der Waals surface area (Å²) in [4.78, 5) is 23.8. The minimum Gasteiger partial charge on any atom is -0.493 e. The van der Waals surface area contributed by atoms with Crippen LogP contribution in [0.2, 0.25) is 0 Å². The molecular weight excluding hydrogens is 413 g/mol. The number of hydrazone groups is 1. The number of para-hydroxylation sites is 1. The van der Waals surface area contributed by atoms with Gasteiger partial charge in [0.05, 0.1) is 19.0 Å². The van der Waals surface area contributed by atoms with Crippen LogP contribution in [0.3, 0.4) is 0 Å². The van der Waals surface area contributed by atoms with Crippen LogP contribution in [0.4, 0.5) is 10.1 Å². The van der Waals surface area contributed by atoms with Gasteiger partial charge in [0, 0.05) is 0 Å². The Morgan fingerprint density at radius 2 is 1.72 bits per heavy atom. The van der Waals surface area contributed by atoms with Crippen molar-refractivity contribution < 1.29 is 23.5 Å². The second kappa shape index (κ2) is 11.3. The fourth-order valence-electron chi connectivity index (χ4n) is 2.74. The van der Waals surface area contributed by atoms with Crippen molar-refractivity contribution in [3.63, 3.8) is 0 Å². The molecular formula is C24H22FN3O4. The number of carbonyl (C=O) groups is 2. The topological polar surface area (TPSA) is 89.0 Å². The summed E-state index contributed by atoms with van der Waals surface area (Å²) in [7, 11) is 1.53. The van der Waals surface area contributed by atoms with E-state index in [0.717, 1.165) is 5.56 Å². The van der Waals surface area contributed by atoms with Gasteiger partial charge in [-0.2, -0.15) is 5.10 Å². The lowest BCUT2D eigenvalue weighted by Gasteiger charge is -2.11. The fourth-order valence-corrected chi connectivity index (χ4v) is 2.74. The number of halogens is 1. The van der Waals surface area contributed by atoms with Crippen LogP contribution >= 0.6 is 0 Å². The monoisotopic (exact) mass is 435 g/mol. The first kappa shape index (κ1) is 22.5. The third-order valence-corrected chi connectivity index (χ3v) is 4.30. The summed E-state index contributed by atoms with van der Waals surface area (Å²) >= 11 is 0. The molecule has 0 unspecified atom stereocenters. The van der Waals surface area contributed by atoms with Crippen molar-refractivity contribution in [2.24, 2.45) is 5.10 Å². The zero-order valence-electron chi connectivity index (χ0n) is 17.4. The van der Waals surface area contributed by atoms with E-state index in [0.29, 0.717) is 23.7 Å². The van der Waals surface area contributed by atoms with Gasteiger partial charge in [-0.1, -0.05) is 42.5 Å². The molecule has 0 spiro atoms. The quantitative estimate of drug-likeness (QED) is 0.303. The summed E-state index contributed by atoms with van der Waals surface area (Å²) in [5.74, 6) is -0.776. The normalized spacial score (nSPS) is 10.6. The number of nitrogens with one attached hydrogen (secondary N) is 2. The highest BCUT2D eigenvalue weighted by Crippen LogP contribution is 2.28. The van der Waals surface area contributed by atoms with Gasteiger partial charge in [0.25, 0.3) is 0 Å². The van der Waals surface area contributed by atoms with Crippen LogP contribution in [-0.4, -0.2) is 25.1 Å². The maximum Gasteiger partial charge on any atom is 0.249 e. The van der Waals surface area contributed by atoms with Gasteiger partial charge < -0.3 is 14.8 Å². The molecule has 7 nitrogen and oxygen atoms in total. The first-order valence-electron chi connectivity index (χ1n) is 9.76. The number of rotatable bonds is 9. The molecule has 0 fully saturated rings. The van der Waals surface area contributed by atoms with Crippen LogP contribution in [0.25, 0.3) is 0 Å². The average molecular weight is 435 g/mol. The Labute approximate surface area is 184 Å². The van der Waals surface area contributed by atoms with Crippen molar-refractivity contribution >= 4 is 23.7 Å². The van der Waals surface area contributed by atoms with Gasteiger partial charge in [-0.05, 0) is 41.5 Å². The number of methoxy groups -OCH3 is 1. The molecule has 3 aromatic carbocycles. The van der Waals surface area contributed by atoms with Gasteiger partial charge in [-0.25, -0.2) is 9.82 Å². The molecule has 0 heterocycles. The molecule has 0 aliphatic rings. The van der Waals surface area contributed by atoms with Crippen LogP contribution in [0.15, 0.2) is 77.9 Å². The van der Waals surface area contributed by atoms with Crippen LogP contribution in [0, 0.1) is 5.82 Å². The van der Waals surface area contributed by atoms with Gasteiger partial charge in [-0.15, -0.1) is 0 Å². The molecule has 0 atom stereocenters. The summed E-state index contributed by atoms with van der Waals surface area (Å²) in [6.07, 6.45) is 0.914. The number of hydrogen-bond donors (Lipinski definition) is 2. The van der Waals surface area contributed by atoms with E-state index in [1.54, 1.807) is 24.3 Å². The van der Waals surface area contributed by atoms with E-state index in [4.69, 9.17) is 9.47 Å². The molecule has 0 radical (unpaired) electrons. The van der Waals surface area contributed by atoms with Gasteiger partial charge in [0.15, 0.2) is 11.5 Å². The van der Waals surface area contributed by atoms with Crippen molar-refractivity contribution in [3.8, 4) is 11.5 Å². The predicted molar refractivity (Wildman–Crippen MR) is 119 cm³/mol. The van der Waals surface area contributed by atoms with Gasteiger partial charge in [0.2, 0.25) is 11.8 Å². The van der Waals surface area contributed by atoms with Crippen molar-refractivity contribution in [2.75, 3.05) is 12.4 Å². The van der Waals surface area contributed by atoms with Crippen LogP contribution in [-0.2, 0) is 16.2 Å². The predicted octanol–water partition coefficient (Wildman–Crippen LogP) is 3.89. The molecule has 0 aromatic heterocycles. The number of nitrogens with zero attached hydrogens (tertiary/aromatic N) is 1. The molecule has 3 aromatic rings. The van der Waals surface area contributed by atoms with Gasteiger partial charge >= 0.3 is 0 Å². The van der Waals surface area contributed by atoms with Crippen molar-refractivity contribution in [2.45, 2.75) is 13.0 Å². The number of amides is 2. The molecule has 0 saturated carbocycles. The van der Waals surface area contributed by atoms with E-state index in [-0.39, 0.29) is 5.69 Å². The van der Waals surface area contributed by atoms with Gasteiger partial charge in [0.1, 0.15) is 18.8 Å². The van der Waals surface area contributed by atoms with Crippen molar-refractivity contribution in [1.29, 1.82) is 0 Å². The van der Waals surface area contributed by atoms with Crippen molar-refractivity contribution in [1.82, 2.24) is 5.43 Å². The highest BCUT2D eigenvalue weighted by Gasteiger charge is 2.11. The molecule has 2 amide bonds. The van der Waals surface area contributed by atoms with E-state index in [1.807, 2.05) is 30.3 Å². The third-order valence-electron chi connectivity index (χ3n) is 4.30. The Balaban J connectivity index is 1.51. The van der Waals surface area contributed by atoms with E-state index >= 15 is 0 Å². The Hall–Kier alpha value is -4.20. The Morgan fingerprint density at radius 1 is 0.969 bits per heavy atom. The summed E-state index contributed by atoms with van der Waals surface area (Å²) in [6.45, 7) is 0.398. The van der Waals surface area contributed by atoms with E-state index < -0.39 is 24.1 Å². The summed E-state index contributed by atoms with van der Waals surface area (Å²) in [5.41, 5.74) is 3.96. The lowest BCUT2D eigenvalue weighted by atomic mass is 10.2. The molecule has 2 N–H and O–H groups in total. The SMILES string of the molecule is COc1cc(C=NNC(=O)CC(=O)Nc2ccccc2F)ccc1OCc1ccccc1. The highest BCUT2D eigenvalue weighted by atomic mass is 19.1. The standard InChI is InChI=1S/C24H22FN3O4/c1-31-22-13-18(11-12-21(22)32-16-17-7-3-2-4-8-17)15-26-28-24(30)14-23(29)27-20-10-6-5-9-19(20)25/h2-13,15H,14,16H2,1H3,(H,27,29)(H,28,30). The van der Waals surface area contributed by atoms with Crippen LogP contribution < -0.4 is 20.2 Å². The number of anilines is 1. The molecule has 32 heavy (non-hydrogen) atoms. The smallest absolute Gasteiger partial charge is 0.249 e. The molecule has 164 valence electrons. The Bertz CT molecular complexity index is 1100. The molecule has 0 saturated heterocycles. The van der Waals surface area contributed by atoms with E-state index in [1.165, 1.54) is 31.5 Å². The lowest BCUT2D eigenvalue weighted by Crippen LogP contribution is -2.24. The zero-order chi connectivity index (χ0) is 22.8. The molecule has 8 heteroatoms. The molecule has 3 rings (SSSR count). The number of ether oxygens (including phenoxy) is 2. The Morgan fingerprint density at radius 3 is 2.47 bits per heavy atom. The number of carbonyl (C=O) groups excluding carboxylic acids is 2. The summed E-state index contributed by atoms with van der Waals surface area (Å²) < 4.78 is 24.7. The third kappa shape index (κ3) is 6.66. The first-order valence-corrected chi connectivity index (χ1v) is 9.76. The van der Waals surface area contributed by atoms with Crippen LogP contribution in [0.1, 0.15) is 17.5 Å². The maximum absolute atomic E-state index is 13.5. The number of benzene rings is 3. The largest absolute Gasteiger partial charge is 0.493 e. The molecule has 0 bridgehead atoms. The van der Waals surface area contributed by atoms with E-state index in [9.17, 15) is 14.0 Å². The second-order valence-electron chi connectivity index (χ2n) is 6.68. The van der Waals surface area contributed by atoms with Crippen LogP contribution in [0.5, 0.6) is 11.5 Å². The fraction of sp³-hybridized carbons (Fsp3) is 0.125. The second-order valence-corrected chi connectivity index (χ2v) is 6.68. The first-order chi connectivity index (χ1) is 15.5. The zero-order valence-corrected chi connectivity index (χ0v) is 17.4. The van der Waals surface area contributed by atoms with Crippen molar-refractivity contribution in [3.05, 3.63) is 89.7 Å². The minimum atomic E-state index is -0.649. The molecule has 0 aliphatic carbocycles. The summed E-state index contributed by atoms with van der Waals surface area (Å²) in [5, 5.41) is 6.18. The minimum absolute atomic E-state index is 0.00969. The number of hydrogen-bond acceptors (Lipinski definition) is 5.